The van der Waals surface area contributed by atoms with Crippen LogP contribution in [0.4, 0.5) is 0 Å². The second-order valence-electron chi connectivity index (χ2n) is 4.99. The van der Waals surface area contributed by atoms with Crippen molar-refractivity contribution >= 4 is 22.5 Å². The smallest absolute Gasteiger partial charge is 0.112 e. The molecule has 1 aromatic heterocycles. The molecule has 0 bridgehead atoms. The molecule has 1 heterocycles. The molecular formula is C17H14ClNO. The molecule has 0 aliphatic carbocycles. The third-order valence-corrected chi connectivity index (χ3v) is 3.82. The summed E-state index contributed by atoms with van der Waals surface area (Å²) in [6.45, 7) is 1.79. The molecular weight excluding hydrogens is 270 g/mol. The van der Waals surface area contributed by atoms with Crippen molar-refractivity contribution in [2.24, 2.45) is 0 Å². The highest BCUT2D eigenvalue weighted by atomic mass is 35.5. The number of fused-ring (bicyclic) bond motifs is 1. The first-order chi connectivity index (χ1) is 9.57. The van der Waals surface area contributed by atoms with E-state index in [2.05, 4.69) is 4.98 Å². The topological polar surface area (TPSA) is 33.1 Å². The molecule has 100 valence electrons. The Kier molecular flexibility index (Phi) is 3.20. The molecule has 0 aliphatic rings. The fraction of sp³-hybridized carbons (Fsp3) is 0.118. The second kappa shape index (κ2) is 4.89. The standard InChI is InChI=1S/C17H14ClNO/c1-17(20,13-4-7-15(18)8-5-13)14-6-9-16-12(11-14)3-2-10-19-16/h2-11,20H,1H3. The highest BCUT2D eigenvalue weighted by Crippen LogP contribution is 2.31. The molecule has 0 saturated carbocycles. The summed E-state index contributed by atoms with van der Waals surface area (Å²) in [6, 6.07) is 16.9. The molecule has 0 saturated heterocycles. The predicted octanol–water partition coefficient (Wildman–Crippen LogP) is 4.14. The van der Waals surface area contributed by atoms with Crippen molar-refractivity contribution in [3.8, 4) is 0 Å². The summed E-state index contributed by atoms with van der Waals surface area (Å²) in [7, 11) is 0. The Bertz CT molecular complexity index is 750. The van der Waals surface area contributed by atoms with E-state index in [0.717, 1.165) is 22.0 Å². The van der Waals surface area contributed by atoms with Crippen LogP contribution in [0.3, 0.4) is 0 Å². The number of hydrogen-bond acceptors (Lipinski definition) is 2. The fourth-order valence-electron chi connectivity index (χ4n) is 2.32. The molecule has 1 N–H and O–H groups in total. The van der Waals surface area contributed by atoms with Gasteiger partial charge in [-0.25, -0.2) is 0 Å². The van der Waals surface area contributed by atoms with Gasteiger partial charge in [0.1, 0.15) is 5.60 Å². The van der Waals surface area contributed by atoms with E-state index in [1.807, 2.05) is 42.5 Å². The summed E-state index contributed by atoms with van der Waals surface area (Å²) < 4.78 is 0. The Hall–Kier alpha value is -1.90. The van der Waals surface area contributed by atoms with Gasteiger partial charge >= 0.3 is 0 Å². The number of hydrogen-bond donors (Lipinski definition) is 1. The molecule has 0 fully saturated rings. The third kappa shape index (κ3) is 2.28. The number of aromatic nitrogens is 1. The number of rotatable bonds is 2. The van der Waals surface area contributed by atoms with Gasteiger partial charge < -0.3 is 5.11 Å². The minimum Gasteiger partial charge on any atom is -0.381 e. The first kappa shape index (κ1) is 13.1. The SMILES string of the molecule is CC(O)(c1ccc(Cl)cc1)c1ccc2ncccc2c1. The largest absolute Gasteiger partial charge is 0.381 e. The van der Waals surface area contributed by atoms with Crippen molar-refractivity contribution in [2.75, 3.05) is 0 Å². The lowest BCUT2D eigenvalue weighted by Crippen LogP contribution is -2.22. The Labute approximate surface area is 122 Å². The number of halogens is 1. The molecule has 3 rings (SSSR count). The van der Waals surface area contributed by atoms with Crippen molar-refractivity contribution in [3.05, 3.63) is 76.9 Å². The quantitative estimate of drug-likeness (QED) is 0.766. The summed E-state index contributed by atoms with van der Waals surface area (Å²) in [5.74, 6) is 0. The maximum Gasteiger partial charge on any atom is 0.112 e. The van der Waals surface area contributed by atoms with E-state index in [1.165, 1.54) is 0 Å². The molecule has 2 aromatic carbocycles. The van der Waals surface area contributed by atoms with E-state index >= 15 is 0 Å². The van der Waals surface area contributed by atoms with Crippen LogP contribution in [-0.4, -0.2) is 10.1 Å². The van der Waals surface area contributed by atoms with Gasteiger partial charge in [-0.15, -0.1) is 0 Å². The maximum absolute atomic E-state index is 10.8. The van der Waals surface area contributed by atoms with Gasteiger partial charge in [-0.3, -0.25) is 4.98 Å². The normalized spacial score (nSPS) is 14.2. The van der Waals surface area contributed by atoms with E-state index in [1.54, 1.807) is 25.3 Å². The highest BCUT2D eigenvalue weighted by molar-refractivity contribution is 6.30. The average molecular weight is 284 g/mol. The first-order valence-electron chi connectivity index (χ1n) is 6.41. The van der Waals surface area contributed by atoms with E-state index in [-0.39, 0.29) is 0 Å². The lowest BCUT2D eigenvalue weighted by Gasteiger charge is -2.25. The molecule has 1 atom stereocenters. The fourth-order valence-corrected chi connectivity index (χ4v) is 2.45. The summed E-state index contributed by atoms with van der Waals surface area (Å²) in [4.78, 5) is 4.29. The van der Waals surface area contributed by atoms with Crippen LogP contribution in [0.1, 0.15) is 18.1 Å². The predicted molar refractivity (Wildman–Crippen MR) is 81.9 cm³/mol. The highest BCUT2D eigenvalue weighted by Gasteiger charge is 2.25. The number of pyridine rings is 1. The van der Waals surface area contributed by atoms with Crippen molar-refractivity contribution in [3.63, 3.8) is 0 Å². The lowest BCUT2D eigenvalue weighted by molar-refractivity contribution is 0.102. The summed E-state index contributed by atoms with van der Waals surface area (Å²) in [5.41, 5.74) is 1.50. The number of aliphatic hydroxyl groups is 1. The Morgan fingerprint density at radius 2 is 1.70 bits per heavy atom. The van der Waals surface area contributed by atoms with Crippen molar-refractivity contribution in [1.82, 2.24) is 4.98 Å². The van der Waals surface area contributed by atoms with Crippen LogP contribution in [-0.2, 0) is 5.60 Å². The molecule has 1 unspecified atom stereocenters. The van der Waals surface area contributed by atoms with E-state index in [0.29, 0.717) is 5.02 Å². The zero-order valence-corrected chi connectivity index (χ0v) is 11.8. The zero-order chi connectivity index (χ0) is 14.2. The molecule has 2 nitrogen and oxygen atoms in total. The van der Waals surface area contributed by atoms with Gasteiger partial charge in [0.25, 0.3) is 0 Å². The van der Waals surface area contributed by atoms with Crippen LogP contribution >= 0.6 is 11.6 Å². The van der Waals surface area contributed by atoms with Crippen LogP contribution < -0.4 is 0 Å². The first-order valence-corrected chi connectivity index (χ1v) is 6.79. The van der Waals surface area contributed by atoms with Crippen molar-refractivity contribution in [1.29, 1.82) is 0 Å². The molecule has 3 aromatic rings. The Morgan fingerprint density at radius 1 is 1.00 bits per heavy atom. The van der Waals surface area contributed by atoms with Gasteiger partial charge in [0.2, 0.25) is 0 Å². The van der Waals surface area contributed by atoms with Crippen LogP contribution in [0.15, 0.2) is 60.8 Å². The number of nitrogens with zero attached hydrogens (tertiary/aromatic N) is 1. The van der Waals surface area contributed by atoms with Crippen LogP contribution in [0.25, 0.3) is 10.9 Å². The van der Waals surface area contributed by atoms with Gasteiger partial charge in [0, 0.05) is 16.6 Å². The van der Waals surface area contributed by atoms with Gasteiger partial charge in [-0.2, -0.15) is 0 Å². The molecule has 20 heavy (non-hydrogen) atoms. The van der Waals surface area contributed by atoms with Crippen LogP contribution in [0.5, 0.6) is 0 Å². The lowest BCUT2D eigenvalue weighted by atomic mass is 9.87. The van der Waals surface area contributed by atoms with E-state index in [9.17, 15) is 5.11 Å². The van der Waals surface area contributed by atoms with E-state index in [4.69, 9.17) is 11.6 Å². The van der Waals surface area contributed by atoms with E-state index < -0.39 is 5.60 Å². The van der Waals surface area contributed by atoms with Crippen molar-refractivity contribution < 1.29 is 5.11 Å². The summed E-state index contributed by atoms with van der Waals surface area (Å²) in [6.07, 6.45) is 1.76. The van der Waals surface area contributed by atoms with Crippen LogP contribution in [0, 0.1) is 0 Å². The molecule has 0 amide bonds. The van der Waals surface area contributed by atoms with Crippen LogP contribution in [0.2, 0.25) is 5.02 Å². The van der Waals surface area contributed by atoms with Gasteiger partial charge in [0.05, 0.1) is 5.52 Å². The Balaban J connectivity index is 2.10. The molecule has 0 spiro atoms. The Morgan fingerprint density at radius 3 is 2.45 bits per heavy atom. The minimum absolute atomic E-state index is 0.660. The second-order valence-corrected chi connectivity index (χ2v) is 5.43. The summed E-state index contributed by atoms with van der Waals surface area (Å²) in [5, 5.41) is 12.5. The molecule has 3 heteroatoms. The van der Waals surface area contributed by atoms with Gasteiger partial charge in [-0.05, 0) is 48.4 Å². The van der Waals surface area contributed by atoms with Crippen molar-refractivity contribution in [2.45, 2.75) is 12.5 Å². The molecule has 0 radical (unpaired) electrons. The average Bonchev–Trinajstić information content (AvgIpc) is 2.47. The minimum atomic E-state index is -1.06. The number of benzene rings is 2. The third-order valence-electron chi connectivity index (χ3n) is 3.57. The zero-order valence-electron chi connectivity index (χ0n) is 11.0. The maximum atomic E-state index is 10.8. The summed E-state index contributed by atoms with van der Waals surface area (Å²) >= 11 is 5.90. The van der Waals surface area contributed by atoms with Gasteiger partial charge in [0.15, 0.2) is 0 Å². The van der Waals surface area contributed by atoms with Gasteiger partial charge in [-0.1, -0.05) is 35.9 Å². The monoisotopic (exact) mass is 283 g/mol. The molecule has 0 aliphatic heterocycles.